The van der Waals surface area contributed by atoms with Gasteiger partial charge in [0.1, 0.15) is 4.32 Å². The first-order valence-electron chi connectivity index (χ1n) is 3.83. The molecule has 1 heterocycles. The van der Waals surface area contributed by atoms with Gasteiger partial charge in [-0.3, -0.25) is 4.79 Å². The van der Waals surface area contributed by atoms with Crippen LogP contribution in [0.2, 0.25) is 0 Å². The lowest BCUT2D eigenvalue weighted by Gasteiger charge is -1.97. The third kappa shape index (κ3) is 2.60. The molecule has 1 N–H and O–H groups in total. The fraction of sp³-hybridized carbons (Fsp3) is 0.500. The molecule has 1 fully saturated rings. The zero-order valence-corrected chi connectivity index (χ0v) is 8.72. The smallest absolute Gasteiger partial charge is 0.263 e. The molecular weight excluding hydrogens is 190 g/mol. The fourth-order valence-electron chi connectivity index (χ4n) is 0.803. The molecule has 0 spiro atoms. The maximum absolute atomic E-state index is 11.1. The summed E-state index contributed by atoms with van der Waals surface area (Å²) in [7, 11) is 0. The van der Waals surface area contributed by atoms with E-state index < -0.39 is 0 Å². The first kappa shape index (κ1) is 9.74. The Morgan fingerprint density at radius 1 is 1.67 bits per heavy atom. The Hall–Kier alpha value is -0.350. The Kier molecular flexibility index (Phi) is 3.29. The molecule has 0 aromatic carbocycles. The van der Waals surface area contributed by atoms with Gasteiger partial charge in [-0.05, 0) is 12.3 Å². The number of carbonyl (C=O) groups is 1. The van der Waals surface area contributed by atoms with Crippen molar-refractivity contribution in [3.8, 4) is 0 Å². The number of thiocarbonyl (C=S) groups is 1. The molecule has 0 aliphatic carbocycles. The molecule has 0 unspecified atom stereocenters. The second-order valence-corrected chi connectivity index (χ2v) is 4.76. The van der Waals surface area contributed by atoms with Gasteiger partial charge in [-0.1, -0.05) is 43.9 Å². The van der Waals surface area contributed by atoms with E-state index in [1.54, 1.807) is 0 Å². The minimum absolute atomic E-state index is 0.0503. The first-order valence-corrected chi connectivity index (χ1v) is 5.05. The van der Waals surface area contributed by atoms with Crippen LogP contribution in [0.5, 0.6) is 0 Å². The second-order valence-electron chi connectivity index (χ2n) is 3.04. The zero-order valence-electron chi connectivity index (χ0n) is 7.09. The average Bonchev–Trinajstić information content (AvgIpc) is 2.26. The van der Waals surface area contributed by atoms with E-state index in [1.165, 1.54) is 11.8 Å². The van der Waals surface area contributed by atoms with Crippen LogP contribution in [-0.4, -0.2) is 10.2 Å². The lowest BCUT2D eigenvalue weighted by atomic mass is 10.1. The summed E-state index contributed by atoms with van der Waals surface area (Å²) in [6.45, 7) is 4.24. The van der Waals surface area contributed by atoms with Gasteiger partial charge in [-0.15, -0.1) is 0 Å². The van der Waals surface area contributed by atoms with Gasteiger partial charge in [-0.25, -0.2) is 0 Å². The molecule has 66 valence electrons. The molecule has 4 heteroatoms. The molecule has 1 aliphatic heterocycles. The standard InChI is InChI=1S/C8H11NOS2/c1-5(2)3-4-6-7(10)9-8(11)12-6/h4-5H,3H2,1-2H3,(H,9,10,11). The fourth-order valence-corrected chi connectivity index (χ4v) is 1.83. The molecule has 1 saturated heterocycles. The van der Waals surface area contributed by atoms with Gasteiger partial charge in [-0.2, -0.15) is 0 Å². The van der Waals surface area contributed by atoms with Crippen molar-refractivity contribution in [3.63, 3.8) is 0 Å². The number of hydrogen-bond acceptors (Lipinski definition) is 3. The highest BCUT2D eigenvalue weighted by Crippen LogP contribution is 2.24. The van der Waals surface area contributed by atoms with Crippen LogP contribution < -0.4 is 5.32 Å². The number of hydrogen-bond donors (Lipinski definition) is 1. The summed E-state index contributed by atoms with van der Waals surface area (Å²) in [4.78, 5) is 11.9. The molecule has 0 atom stereocenters. The zero-order chi connectivity index (χ0) is 9.14. The summed E-state index contributed by atoms with van der Waals surface area (Å²) in [6, 6.07) is 0. The highest BCUT2D eigenvalue weighted by molar-refractivity contribution is 8.26. The molecule has 0 radical (unpaired) electrons. The molecule has 0 aromatic rings. The van der Waals surface area contributed by atoms with Gasteiger partial charge in [0.25, 0.3) is 5.91 Å². The Balaban J connectivity index is 2.57. The van der Waals surface area contributed by atoms with Gasteiger partial charge in [0.05, 0.1) is 4.91 Å². The van der Waals surface area contributed by atoms with E-state index in [2.05, 4.69) is 19.2 Å². The minimum atomic E-state index is -0.0503. The molecule has 1 aliphatic rings. The van der Waals surface area contributed by atoms with Crippen molar-refractivity contribution in [2.75, 3.05) is 0 Å². The number of amides is 1. The van der Waals surface area contributed by atoms with Crippen molar-refractivity contribution in [3.05, 3.63) is 11.0 Å². The van der Waals surface area contributed by atoms with E-state index in [0.29, 0.717) is 10.2 Å². The van der Waals surface area contributed by atoms with E-state index in [1.807, 2.05) is 6.08 Å². The monoisotopic (exact) mass is 201 g/mol. The highest BCUT2D eigenvalue weighted by Gasteiger charge is 2.21. The lowest BCUT2D eigenvalue weighted by molar-refractivity contribution is -0.115. The van der Waals surface area contributed by atoms with Crippen LogP contribution in [0.3, 0.4) is 0 Å². The predicted octanol–water partition coefficient (Wildman–Crippen LogP) is 2.06. The Morgan fingerprint density at radius 3 is 2.75 bits per heavy atom. The topological polar surface area (TPSA) is 29.1 Å². The van der Waals surface area contributed by atoms with Crippen LogP contribution in [0.1, 0.15) is 20.3 Å². The summed E-state index contributed by atoms with van der Waals surface area (Å²) in [6.07, 6.45) is 2.88. The molecule has 2 nitrogen and oxygen atoms in total. The van der Waals surface area contributed by atoms with Crippen molar-refractivity contribution in [1.29, 1.82) is 0 Å². The summed E-state index contributed by atoms with van der Waals surface area (Å²) in [5.74, 6) is 0.533. The first-order chi connectivity index (χ1) is 5.59. The quantitative estimate of drug-likeness (QED) is 0.548. The summed E-state index contributed by atoms with van der Waals surface area (Å²) in [5.41, 5.74) is 0. The Bertz CT molecular complexity index is 245. The largest absolute Gasteiger partial charge is 0.307 e. The predicted molar refractivity (Wildman–Crippen MR) is 55.9 cm³/mol. The SMILES string of the molecule is CC(C)CC=C1SC(=S)NC1=O. The van der Waals surface area contributed by atoms with Crippen LogP contribution in [-0.2, 0) is 4.79 Å². The van der Waals surface area contributed by atoms with Gasteiger partial charge in [0.15, 0.2) is 0 Å². The summed E-state index contributed by atoms with van der Waals surface area (Å²) >= 11 is 6.19. The average molecular weight is 201 g/mol. The van der Waals surface area contributed by atoms with Crippen LogP contribution in [0.15, 0.2) is 11.0 Å². The second kappa shape index (κ2) is 4.05. The maximum Gasteiger partial charge on any atom is 0.263 e. The normalized spacial score (nSPS) is 20.8. The molecule has 1 amide bonds. The van der Waals surface area contributed by atoms with E-state index in [4.69, 9.17) is 12.2 Å². The van der Waals surface area contributed by atoms with Gasteiger partial charge in [0.2, 0.25) is 0 Å². The van der Waals surface area contributed by atoms with Crippen LogP contribution in [0, 0.1) is 5.92 Å². The van der Waals surface area contributed by atoms with Crippen LogP contribution in [0.4, 0.5) is 0 Å². The number of rotatable bonds is 2. The minimum Gasteiger partial charge on any atom is -0.307 e. The van der Waals surface area contributed by atoms with E-state index in [9.17, 15) is 4.79 Å². The molecule has 0 saturated carbocycles. The van der Waals surface area contributed by atoms with Gasteiger partial charge in [0, 0.05) is 0 Å². The van der Waals surface area contributed by atoms with Crippen LogP contribution >= 0.6 is 24.0 Å². The van der Waals surface area contributed by atoms with Gasteiger partial charge < -0.3 is 5.32 Å². The van der Waals surface area contributed by atoms with E-state index in [-0.39, 0.29) is 5.91 Å². The van der Waals surface area contributed by atoms with Crippen LogP contribution in [0.25, 0.3) is 0 Å². The third-order valence-corrected chi connectivity index (χ3v) is 2.63. The van der Waals surface area contributed by atoms with Crippen molar-refractivity contribution in [1.82, 2.24) is 5.32 Å². The maximum atomic E-state index is 11.1. The molecule has 0 bridgehead atoms. The number of carbonyl (C=O) groups excluding carboxylic acids is 1. The number of allylic oxidation sites excluding steroid dienone is 1. The van der Waals surface area contributed by atoms with Crippen molar-refractivity contribution in [2.45, 2.75) is 20.3 Å². The molecule has 12 heavy (non-hydrogen) atoms. The number of nitrogens with one attached hydrogen (secondary N) is 1. The van der Waals surface area contributed by atoms with Crippen molar-refractivity contribution in [2.24, 2.45) is 5.92 Å². The Labute approximate surface area is 81.8 Å². The summed E-state index contributed by atoms with van der Waals surface area (Å²) < 4.78 is 0.565. The molecule has 1 rings (SSSR count). The third-order valence-electron chi connectivity index (χ3n) is 1.42. The lowest BCUT2D eigenvalue weighted by Crippen LogP contribution is -2.17. The number of thioether (sulfide) groups is 1. The van der Waals surface area contributed by atoms with Crippen molar-refractivity contribution >= 4 is 34.2 Å². The van der Waals surface area contributed by atoms with E-state index >= 15 is 0 Å². The Morgan fingerprint density at radius 2 is 2.33 bits per heavy atom. The molecule has 0 aromatic heterocycles. The van der Waals surface area contributed by atoms with Crippen molar-refractivity contribution < 1.29 is 4.79 Å². The highest BCUT2D eigenvalue weighted by atomic mass is 32.2. The molecular formula is C8H11NOS2. The van der Waals surface area contributed by atoms with Gasteiger partial charge >= 0.3 is 0 Å². The van der Waals surface area contributed by atoms with E-state index in [0.717, 1.165) is 11.3 Å². The summed E-state index contributed by atoms with van der Waals surface area (Å²) in [5, 5.41) is 2.58.